The lowest BCUT2D eigenvalue weighted by molar-refractivity contribution is -0.693. The molecule has 0 atom stereocenters. The quantitative estimate of drug-likeness (QED) is 0.145. The molecule has 174 valence electrons. The molecule has 6 nitrogen and oxygen atoms in total. The van der Waals surface area contributed by atoms with Crippen molar-refractivity contribution in [3.05, 3.63) is 73.6 Å². The van der Waals surface area contributed by atoms with Crippen LogP contribution in [0.5, 0.6) is 0 Å². The highest BCUT2D eigenvalue weighted by atomic mass is 127. The standard InChI is InChI=1S/C24H27N6.3HI/c1-4-28-13-7-19(8-14-28)22-25-23(20-9-15-29(5-2)16-10-20)27-24(26-22)21-11-17-30(6-3)18-12-21;;;/h7-18H,4-6H2,1-3H3;3*1H/q+3;;;/p-3. The van der Waals surface area contributed by atoms with E-state index >= 15 is 0 Å². The first-order valence-corrected chi connectivity index (χ1v) is 10.4. The molecule has 33 heavy (non-hydrogen) atoms. The fourth-order valence-electron chi connectivity index (χ4n) is 3.21. The molecule has 0 amide bonds. The van der Waals surface area contributed by atoms with E-state index in [-0.39, 0.29) is 71.9 Å². The van der Waals surface area contributed by atoms with E-state index in [0.29, 0.717) is 17.5 Å². The summed E-state index contributed by atoms with van der Waals surface area (Å²) in [5.74, 6) is 2.04. The van der Waals surface area contributed by atoms with Gasteiger partial charge in [-0.3, -0.25) is 0 Å². The van der Waals surface area contributed by atoms with Crippen molar-refractivity contribution in [3.8, 4) is 34.2 Å². The van der Waals surface area contributed by atoms with Crippen LogP contribution in [0.4, 0.5) is 0 Å². The molecule has 4 aromatic rings. The fraction of sp³-hybridized carbons (Fsp3) is 0.250. The summed E-state index contributed by atoms with van der Waals surface area (Å²) in [5, 5.41) is 0. The van der Waals surface area contributed by atoms with Gasteiger partial charge in [0.05, 0.1) is 0 Å². The van der Waals surface area contributed by atoms with Gasteiger partial charge in [0.2, 0.25) is 0 Å². The average molecular weight is 780 g/mol. The number of aromatic nitrogens is 6. The topological polar surface area (TPSA) is 50.3 Å². The third kappa shape index (κ3) is 7.31. The molecular formula is C24H27I3N6. The fourth-order valence-corrected chi connectivity index (χ4v) is 3.21. The van der Waals surface area contributed by atoms with Crippen LogP contribution in [-0.4, -0.2) is 15.0 Å². The van der Waals surface area contributed by atoms with Crippen molar-refractivity contribution >= 4 is 0 Å². The van der Waals surface area contributed by atoms with Gasteiger partial charge in [-0.25, -0.2) is 28.7 Å². The van der Waals surface area contributed by atoms with E-state index in [9.17, 15) is 0 Å². The third-order valence-corrected chi connectivity index (χ3v) is 5.18. The second-order valence-electron chi connectivity index (χ2n) is 7.06. The summed E-state index contributed by atoms with van der Waals surface area (Å²) in [7, 11) is 0. The molecule has 0 aliphatic heterocycles. The Morgan fingerprint density at radius 3 is 0.848 bits per heavy atom. The Balaban J connectivity index is 0.00000181. The maximum atomic E-state index is 4.80. The number of aryl methyl sites for hydroxylation is 3. The number of nitrogens with zero attached hydrogens (tertiary/aromatic N) is 6. The van der Waals surface area contributed by atoms with Gasteiger partial charge in [0.1, 0.15) is 19.6 Å². The van der Waals surface area contributed by atoms with E-state index in [1.165, 1.54) is 0 Å². The summed E-state index contributed by atoms with van der Waals surface area (Å²) in [5.41, 5.74) is 2.93. The van der Waals surface area contributed by atoms with Crippen LogP contribution in [-0.2, 0) is 19.6 Å². The minimum absolute atomic E-state index is 0. The van der Waals surface area contributed by atoms with Gasteiger partial charge in [-0.15, -0.1) is 0 Å². The summed E-state index contributed by atoms with van der Waals surface area (Å²) in [4.78, 5) is 14.4. The van der Waals surface area contributed by atoms with E-state index in [0.717, 1.165) is 36.3 Å². The molecule has 9 heteroatoms. The van der Waals surface area contributed by atoms with Gasteiger partial charge < -0.3 is 71.9 Å². The third-order valence-electron chi connectivity index (χ3n) is 5.18. The van der Waals surface area contributed by atoms with Crippen LogP contribution in [0.25, 0.3) is 34.2 Å². The summed E-state index contributed by atoms with van der Waals surface area (Å²) in [6.45, 7) is 9.14. The molecule has 0 bridgehead atoms. The second kappa shape index (κ2) is 14.1. The summed E-state index contributed by atoms with van der Waals surface area (Å²) >= 11 is 0. The number of halogens is 3. The van der Waals surface area contributed by atoms with Crippen LogP contribution in [0.3, 0.4) is 0 Å². The van der Waals surface area contributed by atoms with Crippen LogP contribution >= 0.6 is 0 Å². The van der Waals surface area contributed by atoms with Crippen molar-refractivity contribution in [3.63, 3.8) is 0 Å². The molecule has 4 aromatic heterocycles. The van der Waals surface area contributed by atoms with Gasteiger partial charge in [-0.2, -0.15) is 0 Å². The summed E-state index contributed by atoms with van der Waals surface area (Å²) in [6, 6.07) is 12.3. The largest absolute Gasteiger partial charge is 1.00 e. The molecule has 0 unspecified atom stereocenters. The Kier molecular flexibility index (Phi) is 12.7. The lowest BCUT2D eigenvalue weighted by atomic mass is 10.2. The molecule has 0 saturated carbocycles. The van der Waals surface area contributed by atoms with Crippen LogP contribution in [0.15, 0.2) is 73.6 Å². The molecule has 4 rings (SSSR count). The first kappa shape index (κ1) is 29.7. The van der Waals surface area contributed by atoms with Gasteiger partial charge >= 0.3 is 0 Å². The predicted octanol–water partition coefficient (Wildman–Crippen LogP) is -6.19. The van der Waals surface area contributed by atoms with E-state index in [1.807, 2.05) is 0 Å². The molecule has 0 radical (unpaired) electrons. The Bertz CT molecular complexity index is 976. The molecule has 0 spiro atoms. The highest BCUT2D eigenvalue weighted by Crippen LogP contribution is 2.23. The molecule has 0 aromatic carbocycles. The minimum Gasteiger partial charge on any atom is -1.00 e. The molecule has 0 saturated heterocycles. The zero-order valence-corrected chi connectivity index (χ0v) is 25.3. The van der Waals surface area contributed by atoms with Gasteiger partial charge in [-0.05, 0) is 20.8 Å². The Morgan fingerprint density at radius 1 is 0.455 bits per heavy atom. The van der Waals surface area contributed by atoms with Crippen LogP contribution in [0.2, 0.25) is 0 Å². The highest BCUT2D eigenvalue weighted by molar-refractivity contribution is 5.65. The van der Waals surface area contributed by atoms with E-state index in [1.54, 1.807) is 0 Å². The summed E-state index contributed by atoms with van der Waals surface area (Å²) < 4.78 is 6.36. The van der Waals surface area contributed by atoms with Crippen LogP contribution in [0.1, 0.15) is 20.8 Å². The number of rotatable bonds is 6. The van der Waals surface area contributed by atoms with Gasteiger partial charge in [0, 0.05) is 53.1 Å². The first-order chi connectivity index (χ1) is 14.7. The molecular weight excluding hydrogens is 753 g/mol. The van der Waals surface area contributed by atoms with Crippen molar-refractivity contribution in [1.29, 1.82) is 0 Å². The van der Waals surface area contributed by atoms with Crippen molar-refractivity contribution in [2.45, 2.75) is 40.4 Å². The van der Waals surface area contributed by atoms with Crippen molar-refractivity contribution < 1.29 is 85.6 Å². The number of hydrogen-bond donors (Lipinski definition) is 0. The van der Waals surface area contributed by atoms with Crippen molar-refractivity contribution in [2.75, 3.05) is 0 Å². The lowest BCUT2D eigenvalue weighted by Gasteiger charge is -2.07. The van der Waals surface area contributed by atoms with Gasteiger partial charge in [-0.1, -0.05) is 0 Å². The maximum absolute atomic E-state index is 4.80. The summed E-state index contributed by atoms with van der Waals surface area (Å²) in [6.07, 6.45) is 12.3. The SMILES string of the molecule is CC[n+]1ccc(-c2nc(-c3cc[n+](CC)cc3)nc(-c3cc[n+](CC)cc3)n2)cc1.[I-].[I-].[I-]. The molecule has 0 N–H and O–H groups in total. The predicted molar refractivity (Wildman–Crippen MR) is 114 cm³/mol. The Hall–Kier alpha value is -1.35. The number of hydrogen-bond acceptors (Lipinski definition) is 3. The zero-order chi connectivity index (χ0) is 20.9. The lowest BCUT2D eigenvalue weighted by Crippen LogP contribution is -3.00. The van der Waals surface area contributed by atoms with E-state index in [2.05, 4.69) is 108 Å². The van der Waals surface area contributed by atoms with Gasteiger partial charge in [0.25, 0.3) is 0 Å². The van der Waals surface area contributed by atoms with Crippen molar-refractivity contribution in [1.82, 2.24) is 15.0 Å². The minimum atomic E-state index is 0. The monoisotopic (exact) mass is 780 g/mol. The van der Waals surface area contributed by atoms with Crippen molar-refractivity contribution in [2.24, 2.45) is 0 Å². The average Bonchev–Trinajstić information content (AvgIpc) is 2.84. The van der Waals surface area contributed by atoms with E-state index in [4.69, 9.17) is 15.0 Å². The maximum Gasteiger partial charge on any atom is 0.169 e. The van der Waals surface area contributed by atoms with Crippen LogP contribution < -0.4 is 85.6 Å². The smallest absolute Gasteiger partial charge is 0.169 e. The molecule has 4 heterocycles. The number of pyridine rings is 3. The molecule has 0 aliphatic carbocycles. The van der Waals surface area contributed by atoms with E-state index < -0.39 is 0 Å². The first-order valence-electron chi connectivity index (χ1n) is 10.4. The second-order valence-corrected chi connectivity index (χ2v) is 7.06. The Labute approximate surface area is 246 Å². The highest BCUT2D eigenvalue weighted by Gasteiger charge is 2.14. The zero-order valence-electron chi connectivity index (χ0n) is 18.9. The normalized spacial score (nSPS) is 9.91. The van der Waals surface area contributed by atoms with Gasteiger partial charge in [0.15, 0.2) is 54.7 Å². The van der Waals surface area contributed by atoms with Crippen LogP contribution in [0, 0.1) is 0 Å². The molecule has 0 aliphatic rings. The molecule has 0 fully saturated rings. The Morgan fingerprint density at radius 2 is 0.667 bits per heavy atom.